The molecule has 0 saturated carbocycles. The molecule has 0 saturated heterocycles. The van der Waals surface area contributed by atoms with Gasteiger partial charge in [0.05, 0.1) is 0 Å². The number of hydrogen-bond donors (Lipinski definition) is 0. The average molecular weight is 240 g/mol. The van der Waals surface area contributed by atoms with Crippen LogP contribution < -0.4 is 0 Å². The Balaban J connectivity index is 5.32. The van der Waals surface area contributed by atoms with Crippen LogP contribution in [0.1, 0.15) is 87.5 Å². The molecule has 0 aromatic carbocycles. The van der Waals surface area contributed by atoms with Crippen molar-refractivity contribution in [3.05, 3.63) is 0 Å². The van der Waals surface area contributed by atoms with E-state index in [2.05, 4.69) is 55.4 Å². The van der Waals surface area contributed by atoms with Crippen LogP contribution >= 0.6 is 0 Å². The molecule has 0 aliphatic carbocycles. The zero-order valence-corrected chi connectivity index (χ0v) is 13.7. The summed E-state index contributed by atoms with van der Waals surface area (Å²) in [7, 11) is 0. The standard InChI is InChI=1S/C17H36/c1-9-14(6)17(12-4,13-5)15(7)16(8,10-2)11-3/h14-15H,9-13H2,1-8H3. The molecule has 0 fully saturated rings. The van der Waals surface area contributed by atoms with Crippen molar-refractivity contribution in [2.45, 2.75) is 87.5 Å². The van der Waals surface area contributed by atoms with Gasteiger partial charge in [-0.1, -0.05) is 74.7 Å². The molecule has 0 aliphatic rings. The Morgan fingerprint density at radius 2 is 1.18 bits per heavy atom. The summed E-state index contributed by atoms with van der Waals surface area (Å²) in [6.45, 7) is 19.4. The Labute approximate surface area is 111 Å². The van der Waals surface area contributed by atoms with Crippen molar-refractivity contribution < 1.29 is 0 Å². The fourth-order valence-corrected chi connectivity index (χ4v) is 3.95. The molecule has 0 radical (unpaired) electrons. The maximum absolute atomic E-state index is 2.52. The van der Waals surface area contributed by atoms with E-state index in [1.165, 1.54) is 32.1 Å². The van der Waals surface area contributed by atoms with Crippen LogP contribution in [0.2, 0.25) is 0 Å². The molecule has 0 aromatic heterocycles. The maximum atomic E-state index is 2.52. The maximum Gasteiger partial charge on any atom is -0.0246 e. The van der Waals surface area contributed by atoms with Crippen molar-refractivity contribution in [1.82, 2.24) is 0 Å². The molecule has 0 aliphatic heterocycles. The van der Waals surface area contributed by atoms with Crippen LogP contribution in [0.5, 0.6) is 0 Å². The molecule has 0 heteroatoms. The second-order valence-electron chi connectivity index (χ2n) is 6.33. The molecule has 0 heterocycles. The minimum atomic E-state index is 0.509. The van der Waals surface area contributed by atoms with Gasteiger partial charge in [0.1, 0.15) is 0 Å². The van der Waals surface area contributed by atoms with Crippen LogP contribution in [-0.2, 0) is 0 Å². The predicted octanol–water partition coefficient (Wildman–Crippen LogP) is 6.30. The van der Waals surface area contributed by atoms with Gasteiger partial charge in [-0.25, -0.2) is 0 Å². The van der Waals surface area contributed by atoms with Crippen LogP contribution in [0.15, 0.2) is 0 Å². The zero-order chi connectivity index (χ0) is 13.7. The highest BCUT2D eigenvalue weighted by atomic mass is 14.5. The molecule has 0 rings (SSSR count). The van der Waals surface area contributed by atoms with Gasteiger partial charge >= 0.3 is 0 Å². The molecule has 104 valence electrons. The van der Waals surface area contributed by atoms with Crippen LogP contribution in [0.3, 0.4) is 0 Å². The summed E-state index contributed by atoms with van der Waals surface area (Å²) in [4.78, 5) is 0. The van der Waals surface area contributed by atoms with E-state index in [-0.39, 0.29) is 0 Å². The van der Waals surface area contributed by atoms with Crippen molar-refractivity contribution in [1.29, 1.82) is 0 Å². The van der Waals surface area contributed by atoms with Gasteiger partial charge in [0.2, 0.25) is 0 Å². The Hall–Kier alpha value is 0. The third-order valence-corrected chi connectivity index (χ3v) is 6.43. The highest BCUT2D eigenvalue weighted by Gasteiger charge is 2.44. The first-order valence-corrected chi connectivity index (χ1v) is 7.88. The lowest BCUT2D eigenvalue weighted by Gasteiger charge is -2.51. The lowest BCUT2D eigenvalue weighted by molar-refractivity contribution is -0.0133. The van der Waals surface area contributed by atoms with E-state index in [0.717, 1.165) is 11.8 Å². The normalized spacial score (nSPS) is 16.9. The summed E-state index contributed by atoms with van der Waals surface area (Å²) in [5.41, 5.74) is 1.05. The molecular weight excluding hydrogens is 204 g/mol. The third kappa shape index (κ3) is 3.06. The fraction of sp³-hybridized carbons (Fsp3) is 1.00. The summed E-state index contributed by atoms with van der Waals surface area (Å²) in [5, 5.41) is 0. The highest BCUT2D eigenvalue weighted by Crippen LogP contribution is 2.53. The van der Waals surface area contributed by atoms with E-state index in [0.29, 0.717) is 10.8 Å². The van der Waals surface area contributed by atoms with Crippen LogP contribution in [0.25, 0.3) is 0 Å². The molecule has 2 atom stereocenters. The van der Waals surface area contributed by atoms with Crippen LogP contribution in [0.4, 0.5) is 0 Å². The number of hydrogen-bond acceptors (Lipinski definition) is 0. The second-order valence-corrected chi connectivity index (χ2v) is 6.33. The van der Waals surface area contributed by atoms with E-state index >= 15 is 0 Å². The molecule has 0 aromatic rings. The SMILES string of the molecule is CCC(C)C(CC)(CC)C(C)C(C)(CC)CC. The van der Waals surface area contributed by atoms with Crippen molar-refractivity contribution >= 4 is 0 Å². The predicted molar refractivity (Wildman–Crippen MR) is 80.3 cm³/mol. The van der Waals surface area contributed by atoms with Gasteiger partial charge in [0.25, 0.3) is 0 Å². The van der Waals surface area contributed by atoms with E-state index in [1.54, 1.807) is 0 Å². The molecular formula is C17H36. The monoisotopic (exact) mass is 240 g/mol. The summed E-state index contributed by atoms with van der Waals surface area (Å²) < 4.78 is 0. The van der Waals surface area contributed by atoms with Crippen LogP contribution in [0, 0.1) is 22.7 Å². The molecule has 0 nitrogen and oxygen atoms in total. The zero-order valence-electron chi connectivity index (χ0n) is 13.7. The fourth-order valence-electron chi connectivity index (χ4n) is 3.95. The molecule has 0 spiro atoms. The quantitative estimate of drug-likeness (QED) is 0.467. The first-order chi connectivity index (χ1) is 7.88. The lowest BCUT2D eigenvalue weighted by Crippen LogP contribution is -2.42. The van der Waals surface area contributed by atoms with E-state index in [1.807, 2.05) is 0 Å². The Bertz CT molecular complexity index is 196. The summed E-state index contributed by atoms with van der Waals surface area (Å²) in [5.74, 6) is 1.65. The molecule has 0 amide bonds. The van der Waals surface area contributed by atoms with E-state index in [9.17, 15) is 0 Å². The third-order valence-electron chi connectivity index (χ3n) is 6.43. The minimum absolute atomic E-state index is 0.509. The van der Waals surface area contributed by atoms with Gasteiger partial charge < -0.3 is 0 Å². The van der Waals surface area contributed by atoms with E-state index < -0.39 is 0 Å². The van der Waals surface area contributed by atoms with Crippen molar-refractivity contribution in [3.63, 3.8) is 0 Å². The average Bonchev–Trinajstić information content (AvgIpc) is 2.39. The first-order valence-electron chi connectivity index (χ1n) is 7.88. The van der Waals surface area contributed by atoms with Crippen molar-refractivity contribution in [2.24, 2.45) is 22.7 Å². The van der Waals surface area contributed by atoms with Crippen LogP contribution in [-0.4, -0.2) is 0 Å². The van der Waals surface area contributed by atoms with Gasteiger partial charge in [-0.15, -0.1) is 0 Å². The van der Waals surface area contributed by atoms with Gasteiger partial charge in [0.15, 0.2) is 0 Å². The summed E-state index contributed by atoms with van der Waals surface area (Å²) in [6.07, 6.45) is 6.59. The molecule has 0 bridgehead atoms. The highest BCUT2D eigenvalue weighted by molar-refractivity contribution is 4.93. The smallest absolute Gasteiger partial charge is 0.0246 e. The Morgan fingerprint density at radius 1 is 0.765 bits per heavy atom. The van der Waals surface area contributed by atoms with E-state index in [4.69, 9.17) is 0 Å². The number of rotatable bonds is 8. The van der Waals surface area contributed by atoms with Gasteiger partial charge in [-0.05, 0) is 35.5 Å². The topological polar surface area (TPSA) is 0 Å². The van der Waals surface area contributed by atoms with Gasteiger partial charge in [-0.2, -0.15) is 0 Å². The molecule has 17 heavy (non-hydrogen) atoms. The molecule has 2 unspecified atom stereocenters. The Morgan fingerprint density at radius 3 is 1.41 bits per heavy atom. The summed E-state index contributed by atoms with van der Waals surface area (Å²) >= 11 is 0. The first kappa shape index (κ1) is 17.0. The van der Waals surface area contributed by atoms with Gasteiger partial charge in [0, 0.05) is 0 Å². The van der Waals surface area contributed by atoms with Crippen molar-refractivity contribution in [2.75, 3.05) is 0 Å². The second kappa shape index (κ2) is 6.81. The minimum Gasteiger partial charge on any atom is -0.0651 e. The lowest BCUT2D eigenvalue weighted by atomic mass is 9.54. The summed E-state index contributed by atoms with van der Waals surface area (Å²) in [6, 6.07) is 0. The Kier molecular flexibility index (Phi) is 6.81. The van der Waals surface area contributed by atoms with Crippen molar-refractivity contribution in [3.8, 4) is 0 Å². The molecule has 0 N–H and O–H groups in total. The largest absolute Gasteiger partial charge is 0.0651 e. The van der Waals surface area contributed by atoms with Gasteiger partial charge in [-0.3, -0.25) is 0 Å².